The molecule has 1 heterocycles. The van der Waals surface area contributed by atoms with Crippen molar-refractivity contribution in [3.05, 3.63) is 46.0 Å². The summed E-state index contributed by atoms with van der Waals surface area (Å²) in [5.74, 6) is -0.241. The highest BCUT2D eigenvalue weighted by Crippen LogP contribution is 2.34. The normalized spacial score (nSPS) is 10.2. The molecule has 0 aliphatic carbocycles. The standard InChI is InChI=1S/C13H13FN4O3/c1-3-15-12-11(18(19)20)13(17-7-16-12)21-9-4-5-10(14)8(2)6-9/h4-7H,3H2,1-2H3,(H,15,16,17). The van der Waals surface area contributed by atoms with E-state index in [-0.39, 0.29) is 29.0 Å². The molecule has 0 atom stereocenters. The monoisotopic (exact) mass is 292 g/mol. The zero-order valence-electron chi connectivity index (χ0n) is 11.5. The van der Waals surface area contributed by atoms with Gasteiger partial charge in [-0.2, -0.15) is 4.98 Å². The van der Waals surface area contributed by atoms with E-state index in [0.717, 1.165) is 6.33 Å². The van der Waals surface area contributed by atoms with Crippen molar-refractivity contribution in [1.29, 1.82) is 0 Å². The number of nitro groups is 1. The lowest BCUT2D eigenvalue weighted by Crippen LogP contribution is -2.06. The van der Waals surface area contributed by atoms with Crippen LogP contribution in [0, 0.1) is 22.9 Å². The van der Waals surface area contributed by atoms with E-state index in [1.165, 1.54) is 18.2 Å². The number of hydrogen-bond donors (Lipinski definition) is 1. The van der Waals surface area contributed by atoms with E-state index in [0.29, 0.717) is 12.1 Å². The number of aromatic nitrogens is 2. The van der Waals surface area contributed by atoms with Gasteiger partial charge in [0.2, 0.25) is 5.82 Å². The maximum absolute atomic E-state index is 13.2. The van der Waals surface area contributed by atoms with Crippen LogP contribution in [-0.2, 0) is 0 Å². The van der Waals surface area contributed by atoms with E-state index in [9.17, 15) is 14.5 Å². The van der Waals surface area contributed by atoms with Gasteiger partial charge in [-0.05, 0) is 37.6 Å². The van der Waals surface area contributed by atoms with Crippen LogP contribution in [0.2, 0.25) is 0 Å². The molecule has 0 radical (unpaired) electrons. The second-order valence-electron chi connectivity index (χ2n) is 4.18. The number of ether oxygens (including phenoxy) is 1. The first kappa shape index (κ1) is 14.6. The zero-order chi connectivity index (χ0) is 15.4. The topological polar surface area (TPSA) is 90.2 Å². The van der Waals surface area contributed by atoms with Crippen LogP contribution in [0.15, 0.2) is 24.5 Å². The van der Waals surface area contributed by atoms with Crippen LogP contribution in [0.1, 0.15) is 12.5 Å². The summed E-state index contributed by atoms with van der Waals surface area (Å²) in [6, 6.07) is 4.04. The molecule has 7 nitrogen and oxygen atoms in total. The molecule has 0 unspecified atom stereocenters. The largest absolute Gasteiger partial charge is 0.434 e. The highest BCUT2D eigenvalue weighted by molar-refractivity contribution is 5.61. The van der Waals surface area contributed by atoms with Crippen LogP contribution in [0.4, 0.5) is 15.9 Å². The Morgan fingerprint density at radius 2 is 2.19 bits per heavy atom. The number of anilines is 1. The van der Waals surface area contributed by atoms with Gasteiger partial charge in [-0.15, -0.1) is 0 Å². The van der Waals surface area contributed by atoms with Gasteiger partial charge in [-0.25, -0.2) is 9.37 Å². The van der Waals surface area contributed by atoms with Crippen molar-refractivity contribution >= 4 is 11.5 Å². The molecule has 0 amide bonds. The maximum Gasteiger partial charge on any atom is 0.373 e. The summed E-state index contributed by atoms with van der Waals surface area (Å²) in [7, 11) is 0. The lowest BCUT2D eigenvalue weighted by molar-refractivity contribution is -0.385. The fourth-order valence-corrected chi connectivity index (χ4v) is 1.69. The lowest BCUT2D eigenvalue weighted by atomic mass is 10.2. The summed E-state index contributed by atoms with van der Waals surface area (Å²) in [6.07, 6.45) is 1.16. The minimum Gasteiger partial charge on any atom is -0.434 e. The number of rotatable bonds is 5. The zero-order valence-corrected chi connectivity index (χ0v) is 11.5. The van der Waals surface area contributed by atoms with E-state index in [2.05, 4.69) is 15.3 Å². The second kappa shape index (κ2) is 6.12. The molecule has 8 heteroatoms. The molecule has 2 rings (SSSR count). The first-order valence-corrected chi connectivity index (χ1v) is 6.20. The van der Waals surface area contributed by atoms with Crippen LogP contribution >= 0.6 is 0 Å². The third-order valence-electron chi connectivity index (χ3n) is 2.66. The Morgan fingerprint density at radius 3 is 2.81 bits per heavy atom. The van der Waals surface area contributed by atoms with Gasteiger partial charge in [0.15, 0.2) is 0 Å². The number of hydrogen-bond acceptors (Lipinski definition) is 6. The summed E-state index contributed by atoms with van der Waals surface area (Å²) < 4.78 is 18.6. The Labute approximate surface area is 120 Å². The first-order valence-electron chi connectivity index (χ1n) is 6.20. The molecule has 1 aromatic heterocycles. The first-order chi connectivity index (χ1) is 10.0. The van der Waals surface area contributed by atoms with Crippen molar-refractivity contribution in [2.24, 2.45) is 0 Å². The Hall–Kier alpha value is -2.77. The van der Waals surface area contributed by atoms with Gasteiger partial charge < -0.3 is 10.1 Å². The fraction of sp³-hybridized carbons (Fsp3) is 0.231. The molecule has 2 aromatic rings. The van der Waals surface area contributed by atoms with Crippen LogP contribution in [0.25, 0.3) is 0 Å². The van der Waals surface area contributed by atoms with E-state index < -0.39 is 4.92 Å². The molecular weight excluding hydrogens is 279 g/mol. The van der Waals surface area contributed by atoms with Gasteiger partial charge in [0, 0.05) is 6.54 Å². The van der Waals surface area contributed by atoms with E-state index in [1.807, 2.05) is 0 Å². The van der Waals surface area contributed by atoms with Gasteiger partial charge in [0.1, 0.15) is 17.9 Å². The highest BCUT2D eigenvalue weighted by Gasteiger charge is 2.24. The number of halogens is 1. The molecule has 0 saturated heterocycles. The van der Waals surface area contributed by atoms with Crippen LogP contribution in [-0.4, -0.2) is 21.4 Å². The highest BCUT2D eigenvalue weighted by atomic mass is 19.1. The van der Waals surface area contributed by atoms with Crippen LogP contribution in [0.3, 0.4) is 0 Å². The van der Waals surface area contributed by atoms with Crippen molar-refractivity contribution in [3.8, 4) is 11.6 Å². The second-order valence-corrected chi connectivity index (χ2v) is 4.18. The molecule has 0 fully saturated rings. The molecule has 0 aliphatic heterocycles. The fourth-order valence-electron chi connectivity index (χ4n) is 1.69. The molecule has 0 bridgehead atoms. The van der Waals surface area contributed by atoms with Gasteiger partial charge in [0.05, 0.1) is 4.92 Å². The summed E-state index contributed by atoms with van der Waals surface area (Å²) >= 11 is 0. The summed E-state index contributed by atoms with van der Waals surface area (Å²) in [6.45, 7) is 3.82. The Morgan fingerprint density at radius 1 is 1.43 bits per heavy atom. The average Bonchev–Trinajstić information content (AvgIpc) is 2.43. The minimum atomic E-state index is -0.621. The molecule has 110 valence electrons. The summed E-state index contributed by atoms with van der Waals surface area (Å²) in [5, 5.41) is 13.9. The molecule has 1 aromatic carbocycles. The van der Waals surface area contributed by atoms with Crippen molar-refractivity contribution in [2.45, 2.75) is 13.8 Å². The lowest BCUT2D eigenvalue weighted by Gasteiger charge is -2.08. The molecular formula is C13H13FN4O3. The average molecular weight is 292 g/mol. The van der Waals surface area contributed by atoms with Crippen molar-refractivity contribution < 1.29 is 14.1 Å². The summed E-state index contributed by atoms with van der Waals surface area (Å²) in [5.41, 5.74) is 0.0115. The van der Waals surface area contributed by atoms with E-state index >= 15 is 0 Å². The van der Waals surface area contributed by atoms with E-state index in [4.69, 9.17) is 4.74 Å². The number of benzene rings is 1. The predicted molar refractivity (Wildman–Crippen MR) is 74.1 cm³/mol. The number of nitrogens with zero attached hydrogens (tertiary/aromatic N) is 3. The van der Waals surface area contributed by atoms with Crippen LogP contribution in [0.5, 0.6) is 11.6 Å². The van der Waals surface area contributed by atoms with E-state index in [1.54, 1.807) is 13.8 Å². The van der Waals surface area contributed by atoms with Gasteiger partial charge in [-0.3, -0.25) is 10.1 Å². The minimum absolute atomic E-state index is 0.0753. The number of aryl methyl sites for hydroxylation is 1. The smallest absolute Gasteiger partial charge is 0.373 e. The summed E-state index contributed by atoms with van der Waals surface area (Å²) in [4.78, 5) is 18.2. The maximum atomic E-state index is 13.2. The van der Waals surface area contributed by atoms with Crippen molar-refractivity contribution in [3.63, 3.8) is 0 Å². The predicted octanol–water partition coefficient (Wildman–Crippen LogP) is 3.06. The molecule has 0 spiro atoms. The molecule has 1 N–H and O–H groups in total. The van der Waals surface area contributed by atoms with Gasteiger partial charge >= 0.3 is 11.6 Å². The molecule has 0 aliphatic rings. The van der Waals surface area contributed by atoms with Crippen LogP contribution < -0.4 is 10.1 Å². The molecule has 0 saturated carbocycles. The Kier molecular flexibility index (Phi) is 4.27. The molecule has 21 heavy (non-hydrogen) atoms. The Balaban J connectivity index is 2.41. The van der Waals surface area contributed by atoms with Gasteiger partial charge in [0.25, 0.3) is 0 Å². The van der Waals surface area contributed by atoms with Gasteiger partial charge in [-0.1, -0.05) is 0 Å². The van der Waals surface area contributed by atoms with Crippen molar-refractivity contribution in [2.75, 3.05) is 11.9 Å². The van der Waals surface area contributed by atoms with Crippen molar-refractivity contribution in [1.82, 2.24) is 9.97 Å². The third kappa shape index (κ3) is 3.22. The quantitative estimate of drug-likeness (QED) is 0.672. The third-order valence-corrected chi connectivity index (χ3v) is 2.66. The Bertz CT molecular complexity index is 678. The SMILES string of the molecule is CCNc1ncnc(Oc2ccc(F)c(C)c2)c1[N+](=O)[O-]. The number of nitrogens with one attached hydrogen (secondary N) is 1.